The Morgan fingerprint density at radius 3 is 2.79 bits per heavy atom. The van der Waals surface area contributed by atoms with Gasteiger partial charge in [-0.25, -0.2) is 4.98 Å². The molecular formula is C16H24N2S. The van der Waals surface area contributed by atoms with Crippen molar-refractivity contribution in [3.8, 4) is 0 Å². The topological polar surface area (TPSA) is 17.3 Å². The number of hydrogen-bond donors (Lipinski definition) is 0. The van der Waals surface area contributed by atoms with Crippen LogP contribution in [0, 0.1) is 25.2 Å². The molecule has 0 radical (unpaired) electrons. The van der Waals surface area contributed by atoms with Gasteiger partial charge in [-0.2, -0.15) is 0 Å². The monoisotopic (exact) mass is 276 g/mol. The van der Waals surface area contributed by atoms with E-state index < -0.39 is 0 Å². The van der Waals surface area contributed by atoms with Crippen molar-refractivity contribution in [2.45, 2.75) is 60.3 Å². The van der Waals surface area contributed by atoms with Crippen molar-refractivity contribution in [2.24, 2.45) is 11.3 Å². The zero-order valence-electron chi connectivity index (χ0n) is 12.7. The summed E-state index contributed by atoms with van der Waals surface area (Å²) in [7, 11) is 0. The van der Waals surface area contributed by atoms with E-state index in [-0.39, 0.29) is 0 Å². The van der Waals surface area contributed by atoms with Gasteiger partial charge in [0.25, 0.3) is 0 Å². The van der Waals surface area contributed by atoms with E-state index in [2.05, 4.69) is 39.0 Å². The second-order valence-corrected chi connectivity index (χ2v) is 7.83. The lowest BCUT2D eigenvalue weighted by Crippen LogP contribution is -2.29. The van der Waals surface area contributed by atoms with Gasteiger partial charge in [0.15, 0.2) is 4.96 Å². The molecule has 0 aromatic carbocycles. The Labute approximate surface area is 119 Å². The van der Waals surface area contributed by atoms with Crippen molar-refractivity contribution in [3.05, 3.63) is 22.0 Å². The molecule has 104 valence electrons. The Hall–Kier alpha value is -0.830. The first-order valence-corrected chi connectivity index (χ1v) is 8.22. The molecule has 3 heteroatoms. The van der Waals surface area contributed by atoms with Gasteiger partial charge in [-0.15, -0.1) is 11.3 Å². The fourth-order valence-electron chi connectivity index (χ4n) is 3.27. The first-order valence-electron chi connectivity index (χ1n) is 7.40. The maximum absolute atomic E-state index is 4.86. The van der Waals surface area contributed by atoms with Gasteiger partial charge in [0.2, 0.25) is 0 Å². The molecule has 0 saturated heterocycles. The van der Waals surface area contributed by atoms with E-state index in [4.69, 9.17) is 4.98 Å². The molecular weight excluding hydrogens is 252 g/mol. The highest BCUT2D eigenvalue weighted by molar-refractivity contribution is 7.17. The van der Waals surface area contributed by atoms with E-state index in [1.54, 1.807) is 0 Å². The molecule has 0 bridgehead atoms. The second-order valence-electron chi connectivity index (χ2n) is 6.65. The molecule has 0 fully saturated rings. The zero-order valence-corrected chi connectivity index (χ0v) is 13.5. The molecule has 0 spiro atoms. The summed E-state index contributed by atoms with van der Waals surface area (Å²) in [6, 6.07) is 0. The fraction of sp³-hybridized carbons (Fsp3) is 0.688. The molecule has 19 heavy (non-hydrogen) atoms. The summed E-state index contributed by atoms with van der Waals surface area (Å²) in [6.07, 6.45) is 4.93. The highest BCUT2D eigenvalue weighted by Gasteiger charge is 2.33. The highest BCUT2D eigenvalue weighted by Crippen LogP contribution is 2.40. The number of aromatic nitrogens is 2. The molecule has 2 aromatic heterocycles. The quantitative estimate of drug-likeness (QED) is 0.786. The van der Waals surface area contributed by atoms with Gasteiger partial charge in [-0.1, -0.05) is 27.2 Å². The van der Waals surface area contributed by atoms with Gasteiger partial charge in [-0.3, -0.25) is 4.40 Å². The Morgan fingerprint density at radius 2 is 2.11 bits per heavy atom. The molecule has 1 unspecified atom stereocenters. The summed E-state index contributed by atoms with van der Waals surface area (Å²) in [5.74, 6) is 0.796. The molecule has 1 aliphatic carbocycles. The summed E-state index contributed by atoms with van der Waals surface area (Å²) in [5, 5.41) is 0. The van der Waals surface area contributed by atoms with Crippen LogP contribution < -0.4 is 0 Å². The minimum Gasteiger partial charge on any atom is -0.291 e. The third-order valence-corrected chi connectivity index (χ3v) is 6.36. The maximum Gasteiger partial charge on any atom is 0.194 e. The van der Waals surface area contributed by atoms with Crippen LogP contribution in [0.4, 0.5) is 0 Å². The summed E-state index contributed by atoms with van der Waals surface area (Å²) in [6.45, 7) is 11.6. The molecule has 0 N–H and O–H groups in total. The third kappa shape index (κ3) is 1.94. The molecule has 1 aliphatic rings. The standard InChI is InChI=1S/C16H24N2S/c1-6-16(4,5)12-7-8-13-14(9-12)18-10(2)11(3)19-15(18)17-13/h12H,6-9H2,1-5H3. The van der Waals surface area contributed by atoms with E-state index >= 15 is 0 Å². The van der Waals surface area contributed by atoms with Crippen molar-refractivity contribution in [1.82, 2.24) is 9.38 Å². The SMILES string of the molecule is CCC(C)(C)C1CCc2nc3sc(C)c(C)n3c2C1. The summed E-state index contributed by atoms with van der Waals surface area (Å²) in [4.78, 5) is 7.47. The molecule has 3 rings (SSSR count). The van der Waals surface area contributed by atoms with Crippen LogP contribution in [0.25, 0.3) is 4.96 Å². The van der Waals surface area contributed by atoms with Crippen LogP contribution >= 0.6 is 11.3 Å². The minimum absolute atomic E-state index is 0.445. The average Bonchev–Trinajstić information content (AvgIpc) is 2.86. The number of nitrogens with zero attached hydrogens (tertiary/aromatic N) is 2. The van der Waals surface area contributed by atoms with Crippen molar-refractivity contribution < 1.29 is 0 Å². The van der Waals surface area contributed by atoms with Crippen molar-refractivity contribution >= 4 is 16.3 Å². The van der Waals surface area contributed by atoms with Crippen LogP contribution in [-0.4, -0.2) is 9.38 Å². The van der Waals surface area contributed by atoms with Gasteiger partial charge < -0.3 is 0 Å². The average molecular weight is 276 g/mol. The van der Waals surface area contributed by atoms with Gasteiger partial charge >= 0.3 is 0 Å². The molecule has 2 heterocycles. The van der Waals surface area contributed by atoms with Crippen molar-refractivity contribution in [3.63, 3.8) is 0 Å². The Bertz CT molecular complexity index is 618. The van der Waals surface area contributed by atoms with Crippen LogP contribution in [0.15, 0.2) is 0 Å². The predicted molar refractivity (Wildman–Crippen MR) is 82.1 cm³/mol. The Balaban J connectivity index is 2.06. The van der Waals surface area contributed by atoms with Crippen LogP contribution in [0.2, 0.25) is 0 Å². The first-order chi connectivity index (χ1) is 8.94. The van der Waals surface area contributed by atoms with E-state index in [1.807, 2.05) is 11.3 Å². The highest BCUT2D eigenvalue weighted by atomic mass is 32.1. The smallest absolute Gasteiger partial charge is 0.194 e. The van der Waals surface area contributed by atoms with Crippen LogP contribution in [0.1, 0.15) is 55.6 Å². The number of fused-ring (bicyclic) bond motifs is 3. The summed E-state index contributed by atoms with van der Waals surface area (Å²) < 4.78 is 2.42. The molecule has 0 amide bonds. The number of thiazole rings is 1. The van der Waals surface area contributed by atoms with Gasteiger partial charge in [0.1, 0.15) is 0 Å². The fourth-order valence-corrected chi connectivity index (χ4v) is 4.28. The minimum atomic E-state index is 0.445. The van der Waals surface area contributed by atoms with Crippen LogP contribution in [0.5, 0.6) is 0 Å². The van der Waals surface area contributed by atoms with Gasteiger partial charge in [0.05, 0.1) is 5.69 Å². The van der Waals surface area contributed by atoms with Crippen molar-refractivity contribution in [2.75, 3.05) is 0 Å². The normalized spacial score (nSPS) is 19.9. The lowest BCUT2D eigenvalue weighted by molar-refractivity contribution is 0.180. The van der Waals surface area contributed by atoms with E-state index in [0.29, 0.717) is 5.41 Å². The maximum atomic E-state index is 4.86. The molecule has 0 saturated carbocycles. The first kappa shape index (κ1) is 13.2. The second kappa shape index (κ2) is 4.34. The molecule has 1 atom stereocenters. The van der Waals surface area contributed by atoms with E-state index in [1.165, 1.54) is 46.2 Å². The largest absolute Gasteiger partial charge is 0.291 e. The summed E-state index contributed by atoms with van der Waals surface area (Å²) >= 11 is 1.84. The van der Waals surface area contributed by atoms with Crippen molar-refractivity contribution in [1.29, 1.82) is 0 Å². The number of aryl methyl sites for hydroxylation is 3. The molecule has 0 aliphatic heterocycles. The van der Waals surface area contributed by atoms with Gasteiger partial charge in [0, 0.05) is 16.3 Å². The Morgan fingerprint density at radius 1 is 1.37 bits per heavy atom. The van der Waals surface area contributed by atoms with Crippen LogP contribution in [0.3, 0.4) is 0 Å². The number of rotatable bonds is 2. The Kier molecular flexibility index (Phi) is 3.01. The lowest BCUT2D eigenvalue weighted by atomic mass is 9.70. The number of imidazole rings is 1. The predicted octanol–water partition coefficient (Wildman–Crippen LogP) is 4.55. The number of hydrogen-bond acceptors (Lipinski definition) is 2. The van der Waals surface area contributed by atoms with Gasteiger partial charge in [-0.05, 0) is 44.4 Å². The van der Waals surface area contributed by atoms with E-state index in [9.17, 15) is 0 Å². The zero-order chi connectivity index (χ0) is 13.8. The third-order valence-electron chi connectivity index (χ3n) is 5.30. The lowest BCUT2D eigenvalue weighted by Gasteiger charge is -2.36. The summed E-state index contributed by atoms with van der Waals surface area (Å²) in [5.41, 5.74) is 4.69. The van der Waals surface area contributed by atoms with E-state index in [0.717, 1.165) is 12.3 Å². The molecule has 2 nitrogen and oxygen atoms in total. The van der Waals surface area contributed by atoms with Crippen LogP contribution in [-0.2, 0) is 12.8 Å². The molecule has 2 aromatic rings.